The van der Waals surface area contributed by atoms with E-state index in [2.05, 4.69) is 15.4 Å². The summed E-state index contributed by atoms with van der Waals surface area (Å²) in [5.41, 5.74) is 3.73. The molecule has 0 saturated carbocycles. The van der Waals surface area contributed by atoms with E-state index in [0.717, 1.165) is 16.3 Å². The predicted octanol–water partition coefficient (Wildman–Crippen LogP) is 1.94. The third kappa shape index (κ3) is 2.76. The van der Waals surface area contributed by atoms with Crippen LogP contribution >= 0.6 is 22.9 Å². The van der Waals surface area contributed by atoms with Crippen LogP contribution in [0.5, 0.6) is 0 Å². The van der Waals surface area contributed by atoms with Crippen LogP contribution < -0.4 is 11.3 Å². The summed E-state index contributed by atoms with van der Waals surface area (Å²) in [4.78, 5) is 9.12. The lowest BCUT2D eigenvalue weighted by atomic mass is 10.1. The molecular formula is C10H11ClN4S. The lowest BCUT2D eigenvalue weighted by Crippen LogP contribution is -2.29. The van der Waals surface area contributed by atoms with Crippen LogP contribution in [0.25, 0.3) is 0 Å². The van der Waals surface area contributed by atoms with Crippen LogP contribution in [0.4, 0.5) is 0 Å². The summed E-state index contributed by atoms with van der Waals surface area (Å²) in [6.45, 7) is 0. The van der Waals surface area contributed by atoms with Gasteiger partial charge in [-0.15, -0.1) is 11.3 Å². The lowest BCUT2D eigenvalue weighted by Gasteiger charge is -2.13. The van der Waals surface area contributed by atoms with Crippen molar-refractivity contribution in [3.8, 4) is 0 Å². The number of thiophene rings is 1. The number of hydrazine groups is 1. The number of rotatable bonds is 4. The summed E-state index contributed by atoms with van der Waals surface area (Å²) in [6.07, 6.45) is 5.79. The third-order valence-electron chi connectivity index (χ3n) is 2.22. The average molecular weight is 255 g/mol. The molecule has 0 saturated heterocycles. The summed E-state index contributed by atoms with van der Waals surface area (Å²) in [6, 6.07) is 3.90. The van der Waals surface area contributed by atoms with Gasteiger partial charge in [-0.25, -0.2) is 9.97 Å². The first-order valence-corrected chi connectivity index (χ1v) is 5.94. The summed E-state index contributed by atoms with van der Waals surface area (Å²) < 4.78 is 0.787. The summed E-state index contributed by atoms with van der Waals surface area (Å²) in [7, 11) is 0. The van der Waals surface area contributed by atoms with Crippen molar-refractivity contribution in [2.24, 2.45) is 5.84 Å². The van der Waals surface area contributed by atoms with Crippen molar-refractivity contribution < 1.29 is 0 Å². The maximum atomic E-state index is 5.88. The molecule has 1 unspecified atom stereocenters. The molecule has 0 aromatic carbocycles. The molecule has 3 N–H and O–H groups in total. The van der Waals surface area contributed by atoms with E-state index >= 15 is 0 Å². The highest BCUT2D eigenvalue weighted by molar-refractivity contribution is 7.16. The van der Waals surface area contributed by atoms with Crippen LogP contribution in [-0.4, -0.2) is 9.97 Å². The van der Waals surface area contributed by atoms with Gasteiger partial charge in [0.15, 0.2) is 0 Å². The average Bonchev–Trinajstić information content (AvgIpc) is 2.73. The van der Waals surface area contributed by atoms with Crippen molar-refractivity contribution in [2.75, 3.05) is 0 Å². The molecule has 84 valence electrons. The van der Waals surface area contributed by atoms with E-state index in [4.69, 9.17) is 17.4 Å². The van der Waals surface area contributed by atoms with Crippen molar-refractivity contribution in [3.63, 3.8) is 0 Å². The molecule has 6 heteroatoms. The highest BCUT2D eigenvalue weighted by atomic mass is 35.5. The van der Waals surface area contributed by atoms with Crippen molar-refractivity contribution in [3.05, 3.63) is 45.6 Å². The molecule has 0 bridgehead atoms. The van der Waals surface area contributed by atoms with Crippen molar-refractivity contribution >= 4 is 22.9 Å². The van der Waals surface area contributed by atoms with Crippen LogP contribution in [0.3, 0.4) is 0 Å². The van der Waals surface area contributed by atoms with Crippen LogP contribution in [0, 0.1) is 0 Å². The first-order valence-electron chi connectivity index (χ1n) is 4.75. The Morgan fingerprint density at radius 1 is 1.38 bits per heavy atom. The quantitative estimate of drug-likeness (QED) is 0.647. The van der Waals surface area contributed by atoms with Gasteiger partial charge in [-0.1, -0.05) is 11.6 Å². The Labute approximate surface area is 102 Å². The molecule has 0 aliphatic carbocycles. The molecule has 0 aliphatic rings. The van der Waals surface area contributed by atoms with Crippen LogP contribution in [0.15, 0.2) is 30.9 Å². The molecule has 2 heterocycles. The maximum Gasteiger partial charge on any atom is 0.115 e. The number of nitrogens with zero attached hydrogens (tertiary/aromatic N) is 2. The second-order valence-corrected chi connectivity index (χ2v) is 5.10. The van der Waals surface area contributed by atoms with Gasteiger partial charge < -0.3 is 0 Å². The molecule has 0 spiro atoms. The van der Waals surface area contributed by atoms with Crippen LogP contribution in [0.1, 0.15) is 16.5 Å². The number of nitrogens with one attached hydrogen (secondary N) is 1. The zero-order valence-corrected chi connectivity index (χ0v) is 10.0. The van der Waals surface area contributed by atoms with Crippen molar-refractivity contribution in [2.45, 2.75) is 12.5 Å². The first kappa shape index (κ1) is 11.5. The zero-order valence-electron chi connectivity index (χ0n) is 8.43. The molecular weight excluding hydrogens is 244 g/mol. The zero-order chi connectivity index (χ0) is 11.4. The minimum Gasteiger partial charge on any atom is -0.271 e. The van der Waals surface area contributed by atoms with Gasteiger partial charge in [-0.3, -0.25) is 11.3 Å². The van der Waals surface area contributed by atoms with E-state index in [1.165, 1.54) is 11.2 Å². The fourth-order valence-corrected chi connectivity index (χ4v) is 2.56. The number of aromatic nitrogens is 2. The molecule has 16 heavy (non-hydrogen) atoms. The summed E-state index contributed by atoms with van der Waals surface area (Å²) >= 11 is 7.43. The normalized spacial score (nSPS) is 12.6. The fraction of sp³-hybridized carbons (Fsp3) is 0.200. The lowest BCUT2D eigenvalue weighted by molar-refractivity contribution is 0.552. The van der Waals surface area contributed by atoms with E-state index in [1.54, 1.807) is 23.7 Å². The second kappa shape index (κ2) is 5.36. The maximum absolute atomic E-state index is 5.88. The summed E-state index contributed by atoms with van der Waals surface area (Å²) in [5.74, 6) is 5.53. The van der Waals surface area contributed by atoms with Gasteiger partial charge in [-0.2, -0.15) is 0 Å². The van der Waals surface area contributed by atoms with E-state index in [-0.39, 0.29) is 6.04 Å². The van der Waals surface area contributed by atoms with Crippen molar-refractivity contribution in [1.29, 1.82) is 0 Å². The number of hydrogen-bond acceptors (Lipinski definition) is 5. The predicted molar refractivity (Wildman–Crippen MR) is 65.1 cm³/mol. The van der Waals surface area contributed by atoms with E-state index in [0.29, 0.717) is 0 Å². The van der Waals surface area contributed by atoms with E-state index < -0.39 is 0 Å². The molecule has 2 aromatic rings. The Morgan fingerprint density at radius 3 is 2.69 bits per heavy atom. The standard InChI is InChI=1S/C10H11ClN4S/c11-10-2-1-8(16-10)3-9(15-12)7-4-13-6-14-5-7/h1-2,4-6,9,15H,3,12H2. The van der Waals surface area contributed by atoms with E-state index in [1.807, 2.05) is 12.1 Å². The molecule has 0 aliphatic heterocycles. The first-order chi connectivity index (χ1) is 7.79. The molecule has 4 nitrogen and oxygen atoms in total. The topological polar surface area (TPSA) is 63.8 Å². The monoisotopic (exact) mass is 254 g/mol. The van der Waals surface area contributed by atoms with Gasteiger partial charge in [0.2, 0.25) is 0 Å². The molecule has 1 atom stereocenters. The van der Waals surface area contributed by atoms with Crippen LogP contribution in [-0.2, 0) is 6.42 Å². The highest BCUT2D eigenvalue weighted by Gasteiger charge is 2.12. The number of hydrogen-bond donors (Lipinski definition) is 2. The Kier molecular flexibility index (Phi) is 3.84. The Morgan fingerprint density at radius 2 is 2.12 bits per heavy atom. The Balaban J connectivity index is 2.12. The third-order valence-corrected chi connectivity index (χ3v) is 3.47. The smallest absolute Gasteiger partial charge is 0.115 e. The van der Waals surface area contributed by atoms with E-state index in [9.17, 15) is 0 Å². The van der Waals surface area contributed by atoms with Gasteiger partial charge in [0, 0.05) is 29.3 Å². The fourth-order valence-electron chi connectivity index (χ4n) is 1.43. The van der Waals surface area contributed by atoms with Crippen molar-refractivity contribution in [1.82, 2.24) is 15.4 Å². The number of nitrogens with two attached hydrogens (primary N) is 1. The van der Waals surface area contributed by atoms with Gasteiger partial charge in [0.25, 0.3) is 0 Å². The van der Waals surface area contributed by atoms with Crippen LogP contribution in [0.2, 0.25) is 4.34 Å². The molecule has 2 aromatic heterocycles. The molecule has 0 fully saturated rings. The van der Waals surface area contributed by atoms with Gasteiger partial charge in [-0.05, 0) is 12.1 Å². The minimum atomic E-state index is 0.0101. The SMILES string of the molecule is NNC(Cc1ccc(Cl)s1)c1cncnc1. The molecule has 0 amide bonds. The Bertz CT molecular complexity index is 445. The summed E-state index contributed by atoms with van der Waals surface area (Å²) in [5, 5.41) is 0. The molecule has 2 rings (SSSR count). The molecule has 0 radical (unpaired) electrons. The van der Waals surface area contributed by atoms with Gasteiger partial charge in [0.05, 0.1) is 10.4 Å². The number of halogens is 1. The second-order valence-electron chi connectivity index (χ2n) is 3.30. The minimum absolute atomic E-state index is 0.0101. The largest absolute Gasteiger partial charge is 0.271 e. The van der Waals surface area contributed by atoms with Gasteiger partial charge >= 0.3 is 0 Å². The van der Waals surface area contributed by atoms with Gasteiger partial charge in [0.1, 0.15) is 6.33 Å². The highest BCUT2D eigenvalue weighted by Crippen LogP contribution is 2.25. The Hall–Kier alpha value is -1.01.